The maximum atomic E-state index is 17.5. The first kappa shape index (κ1) is 35.2. The van der Waals surface area contributed by atoms with E-state index in [1.165, 1.54) is 0 Å². The van der Waals surface area contributed by atoms with E-state index >= 15 is 4.79 Å². The lowest BCUT2D eigenvalue weighted by atomic mass is 9.66. The molecule has 0 amide bonds. The number of hydrazone groups is 2. The molecule has 2 heterocycles. The highest BCUT2D eigenvalue weighted by Crippen LogP contribution is 2.66. The van der Waals surface area contributed by atoms with Crippen LogP contribution in [0.2, 0.25) is 0 Å². The molecule has 0 fully saturated rings. The molecule has 1 aliphatic carbocycles. The van der Waals surface area contributed by atoms with Gasteiger partial charge in [0, 0.05) is 0 Å². The number of Topliss-reactive ketones (excluding diaryl/α,β-unsaturated/α-hetero) is 1. The molecule has 0 unspecified atom stereocenters. The largest absolute Gasteiger partial charge is 0.497 e. The van der Waals surface area contributed by atoms with E-state index in [0.29, 0.717) is 0 Å². The molecule has 7 aromatic rings. The fourth-order valence-corrected chi connectivity index (χ4v) is 9.52. The maximum Gasteiger partial charge on any atom is 0.199 e. The third-order valence-corrected chi connectivity index (χ3v) is 11.9. The number of hydrogen-bond acceptors (Lipinski definition) is 7. The van der Waals surface area contributed by atoms with Gasteiger partial charge in [0.15, 0.2) is 16.9 Å². The van der Waals surface area contributed by atoms with E-state index in [1.54, 1.807) is 14.2 Å². The number of para-hydroxylation sites is 2. The number of hydrogen-bond donors (Lipinski definition) is 0. The molecule has 2 spiro atoms. The highest BCUT2D eigenvalue weighted by atomic mass is 16.5. The van der Waals surface area contributed by atoms with Gasteiger partial charge in [-0.2, -0.15) is 10.2 Å². The van der Waals surface area contributed by atoms with E-state index in [1.807, 2.05) is 143 Å². The first-order valence-electron chi connectivity index (χ1n) is 19.5. The fourth-order valence-electron chi connectivity index (χ4n) is 9.52. The van der Waals surface area contributed by atoms with E-state index in [4.69, 9.17) is 19.7 Å². The lowest BCUT2D eigenvalue weighted by molar-refractivity contribution is -0.129. The van der Waals surface area contributed by atoms with Crippen LogP contribution in [0.25, 0.3) is 0 Å². The molecule has 0 radical (unpaired) electrons. The Bertz CT molecular complexity index is 2480. The zero-order valence-electron chi connectivity index (χ0n) is 32.1. The fraction of sp³-hybridized carbons (Fsp3) is 0.118. The molecule has 4 atom stereocenters. The Morgan fingerprint density at radius 1 is 0.431 bits per heavy atom. The van der Waals surface area contributed by atoms with Gasteiger partial charge in [0.05, 0.1) is 48.9 Å². The van der Waals surface area contributed by atoms with Crippen LogP contribution in [0.15, 0.2) is 204 Å². The summed E-state index contributed by atoms with van der Waals surface area (Å²) in [6.45, 7) is 0. The van der Waals surface area contributed by atoms with E-state index < -0.39 is 22.9 Å². The smallest absolute Gasteiger partial charge is 0.199 e. The predicted molar refractivity (Wildman–Crippen MR) is 230 cm³/mol. The Morgan fingerprint density at radius 3 is 1.10 bits per heavy atom. The number of carbonyl (C=O) groups excluding carboxylic acids is 1. The summed E-state index contributed by atoms with van der Waals surface area (Å²) in [7, 11) is 3.34. The summed E-state index contributed by atoms with van der Waals surface area (Å²) in [5, 5.41) is 15.2. The molecule has 7 nitrogen and oxygen atoms in total. The molecule has 282 valence electrons. The average Bonchev–Trinajstić information content (AvgIpc) is 3.92. The van der Waals surface area contributed by atoms with Crippen LogP contribution in [-0.2, 0) is 15.9 Å². The number of nitrogens with zero attached hydrogens (tertiary/aromatic N) is 4. The molecular formula is C51H40N4O3. The lowest BCUT2D eigenvalue weighted by Gasteiger charge is -2.43. The molecule has 0 aromatic heterocycles. The number of rotatable bonds is 8. The van der Waals surface area contributed by atoms with Gasteiger partial charge in [-0.25, -0.2) is 10.0 Å². The van der Waals surface area contributed by atoms with Crippen LogP contribution < -0.4 is 19.5 Å². The Morgan fingerprint density at radius 2 is 0.759 bits per heavy atom. The summed E-state index contributed by atoms with van der Waals surface area (Å²) in [5.74, 6) is 0.331. The van der Waals surface area contributed by atoms with E-state index in [-0.39, 0.29) is 5.78 Å². The van der Waals surface area contributed by atoms with Crippen LogP contribution >= 0.6 is 0 Å². The Kier molecular flexibility index (Phi) is 8.52. The van der Waals surface area contributed by atoms with Crippen molar-refractivity contribution in [3.63, 3.8) is 0 Å². The minimum atomic E-state index is -1.38. The summed E-state index contributed by atoms with van der Waals surface area (Å²) < 4.78 is 11.3. The number of benzene rings is 7. The molecule has 0 N–H and O–H groups in total. The number of anilines is 2. The zero-order valence-corrected chi connectivity index (χ0v) is 32.1. The normalized spacial score (nSPS) is 21.9. The highest BCUT2D eigenvalue weighted by molar-refractivity contribution is 6.23. The predicted octanol–water partition coefficient (Wildman–Crippen LogP) is 10.1. The summed E-state index contributed by atoms with van der Waals surface area (Å²) in [5.41, 5.74) is 5.96. The summed E-state index contributed by atoms with van der Waals surface area (Å²) in [6.07, 6.45) is 0. The number of methoxy groups -OCH3 is 2. The third kappa shape index (κ3) is 5.09. The molecule has 0 saturated carbocycles. The van der Waals surface area contributed by atoms with Crippen molar-refractivity contribution in [3.05, 3.63) is 228 Å². The van der Waals surface area contributed by atoms with Crippen LogP contribution in [0.4, 0.5) is 11.4 Å². The monoisotopic (exact) mass is 756 g/mol. The van der Waals surface area contributed by atoms with Gasteiger partial charge in [0.1, 0.15) is 11.5 Å². The molecule has 0 saturated heterocycles. The number of carbonyl (C=O) groups is 1. The van der Waals surface area contributed by atoms with Crippen LogP contribution in [0, 0.1) is 0 Å². The second-order valence-electron chi connectivity index (χ2n) is 14.8. The first-order chi connectivity index (χ1) is 28.6. The van der Waals surface area contributed by atoms with E-state index in [0.717, 1.165) is 67.7 Å². The molecule has 58 heavy (non-hydrogen) atoms. The standard InChI is InChI=1S/C51H40N4O3/c1-57-41-31-27-35(28-32-41)45-47(37-17-7-3-8-18-37)52-54(39-21-11-5-12-22-39)50(45)43-25-15-16-26-44(43)51(49(50)56)46(36-29-33-42(58-2)34-30-36)48(38-19-9-4-10-20-38)53-55(51)40-23-13-6-14-24-40/h3-34,45-46H,1-2H3/t45-,46+,50-,51-/m0/s1. The first-order valence-corrected chi connectivity index (χ1v) is 19.5. The number of ketones is 1. The van der Waals surface area contributed by atoms with Crippen LogP contribution in [-0.4, -0.2) is 31.4 Å². The van der Waals surface area contributed by atoms with E-state index in [2.05, 4.69) is 60.7 Å². The molecule has 2 aliphatic heterocycles. The van der Waals surface area contributed by atoms with Crippen molar-refractivity contribution >= 4 is 28.6 Å². The molecule has 0 bridgehead atoms. The molecule has 7 heteroatoms. The van der Waals surface area contributed by atoms with Crippen molar-refractivity contribution < 1.29 is 14.3 Å². The minimum Gasteiger partial charge on any atom is -0.497 e. The molecule has 7 aromatic carbocycles. The Balaban J connectivity index is 1.34. The van der Waals surface area contributed by atoms with Gasteiger partial charge in [0.2, 0.25) is 0 Å². The molecular weight excluding hydrogens is 717 g/mol. The van der Waals surface area contributed by atoms with Gasteiger partial charge in [-0.3, -0.25) is 4.79 Å². The second-order valence-corrected chi connectivity index (χ2v) is 14.8. The topological polar surface area (TPSA) is 66.7 Å². The maximum absolute atomic E-state index is 17.5. The highest BCUT2D eigenvalue weighted by Gasteiger charge is 2.75. The van der Waals surface area contributed by atoms with Crippen molar-refractivity contribution in [1.29, 1.82) is 0 Å². The lowest BCUT2D eigenvalue weighted by Crippen LogP contribution is -2.58. The van der Waals surface area contributed by atoms with Gasteiger partial charge in [-0.15, -0.1) is 0 Å². The third-order valence-electron chi connectivity index (χ3n) is 11.9. The van der Waals surface area contributed by atoms with Gasteiger partial charge in [-0.1, -0.05) is 146 Å². The van der Waals surface area contributed by atoms with Crippen LogP contribution in [0.5, 0.6) is 11.5 Å². The van der Waals surface area contributed by atoms with Crippen molar-refractivity contribution in [2.24, 2.45) is 10.2 Å². The quantitative estimate of drug-likeness (QED) is 0.155. The van der Waals surface area contributed by atoms with Gasteiger partial charge in [-0.05, 0) is 81.9 Å². The zero-order chi connectivity index (χ0) is 39.3. The number of fused-ring (bicyclic) bond motifs is 3. The van der Waals surface area contributed by atoms with Gasteiger partial charge in [0.25, 0.3) is 0 Å². The van der Waals surface area contributed by atoms with Crippen molar-refractivity contribution in [1.82, 2.24) is 0 Å². The molecule has 10 rings (SSSR count). The summed E-state index contributed by atoms with van der Waals surface area (Å²) >= 11 is 0. The van der Waals surface area contributed by atoms with Gasteiger partial charge < -0.3 is 9.47 Å². The van der Waals surface area contributed by atoms with Crippen molar-refractivity contribution in [2.75, 3.05) is 24.2 Å². The second kappa shape index (κ2) is 14.0. The Hall–Kier alpha value is -7.25. The molecule has 3 aliphatic rings. The van der Waals surface area contributed by atoms with E-state index in [9.17, 15) is 0 Å². The number of ether oxygens (including phenoxy) is 2. The Labute approximate surface area is 338 Å². The van der Waals surface area contributed by atoms with Crippen LogP contribution in [0.1, 0.15) is 45.2 Å². The summed E-state index contributed by atoms with van der Waals surface area (Å²) in [6, 6.07) is 65.2. The van der Waals surface area contributed by atoms with Crippen LogP contribution in [0.3, 0.4) is 0 Å². The van der Waals surface area contributed by atoms with Gasteiger partial charge >= 0.3 is 0 Å². The summed E-state index contributed by atoms with van der Waals surface area (Å²) in [4.78, 5) is 17.5. The average molecular weight is 757 g/mol. The van der Waals surface area contributed by atoms with Crippen molar-refractivity contribution in [3.8, 4) is 11.5 Å². The SMILES string of the molecule is COc1ccc([C@H]2C(c3ccccc3)=NN(c3ccccc3)[C@]23C(=O)[C@]2(c4ccccc43)[C@H](c3ccc(OC)cc3)C(c3ccccc3)=NN2c2ccccc2)cc1. The minimum absolute atomic E-state index is 0.0279. The van der Waals surface area contributed by atoms with Crippen molar-refractivity contribution in [2.45, 2.75) is 22.9 Å².